The molecule has 0 aliphatic heterocycles. The lowest BCUT2D eigenvalue weighted by Crippen LogP contribution is -2.25. The highest BCUT2D eigenvalue weighted by Crippen LogP contribution is 2.40. The third-order valence-electron chi connectivity index (χ3n) is 2.64. The van der Waals surface area contributed by atoms with Gasteiger partial charge in [-0.25, -0.2) is 0 Å². The van der Waals surface area contributed by atoms with Crippen LogP contribution in [0.25, 0.3) is 0 Å². The Morgan fingerprint density at radius 2 is 2.00 bits per heavy atom. The standard InChI is InChI=1S/C10H15BrO/c1-9(11)7-10(8-12)5-3-2-4-6-10/h8H,1-7H2. The summed E-state index contributed by atoms with van der Waals surface area (Å²) in [5.41, 5.74) is -0.0845. The number of allylic oxidation sites excluding steroid dienone is 1. The van der Waals surface area contributed by atoms with E-state index in [1.807, 2.05) is 0 Å². The molecule has 2 heteroatoms. The van der Waals surface area contributed by atoms with Crippen molar-refractivity contribution in [2.24, 2.45) is 5.41 Å². The third-order valence-corrected chi connectivity index (χ3v) is 2.92. The molecule has 0 bridgehead atoms. The number of hydrogen-bond donors (Lipinski definition) is 0. The molecule has 1 saturated carbocycles. The maximum absolute atomic E-state index is 11.0. The van der Waals surface area contributed by atoms with Gasteiger partial charge in [0.25, 0.3) is 0 Å². The van der Waals surface area contributed by atoms with Gasteiger partial charge in [-0.1, -0.05) is 41.8 Å². The highest BCUT2D eigenvalue weighted by atomic mass is 79.9. The zero-order chi connectivity index (χ0) is 9.03. The number of hydrogen-bond acceptors (Lipinski definition) is 1. The van der Waals surface area contributed by atoms with Crippen LogP contribution >= 0.6 is 15.9 Å². The van der Waals surface area contributed by atoms with Crippen LogP contribution in [-0.2, 0) is 4.79 Å². The quantitative estimate of drug-likeness (QED) is 0.680. The maximum Gasteiger partial charge on any atom is 0.126 e. The van der Waals surface area contributed by atoms with Crippen LogP contribution in [-0.4, -0.2) is 6.29 Å². The summed E-state index contributed by atoms with van der Waals surface area (Å²) in [6, 6.07) is 0. The zero-order valence-corrected chi connectivity index (χ0v) is 8.90. The lowest BCUT2D eigenvalue weighted by molar-refractivity contribution is -0.117. The molecule has 1 aliphatic rings. The Kier molecular flexibility index (Phi) is 3.51. The fraction of sp³-hybridized carbons (Fsp3) is 0.700. The van der Waals surface area contributed by atoms with Gasteiger partial charge in [0.15, 0.2) is 0 Å². The molecule has 1 aliphatic carbocycles. The molecule has 0 aromatic rings. The Bertz CT molecular complexity index is 180. The summed E-state index contributed by atoms with van der Waals surface area (Å²) >= 11 is 3.33. The van der Waals surface area contributed by atoms with Crippen LogP contribution < -0.4 is 0 Å². The first-order chi connectivity index (χ1) is 5.68. The summed E-state index contributed by atoms with van der Waals surface area (Å²) in [6.45, 7) is 3.80. The van der Waals surface area contributed by atoms with Crippen molar-refractivity contribution in [2.75, 3.05) is 0 Å². The maximum atomic E-state index is 11.0. The fourth-order valence-electron chi connectivity index (χ4n) is 1.97. The van der Waals surface area contributed by atoms with Gasteiger partial charge in [-0.3, -0.25) is 0 Å². The molecule has 68 valence electrons. The largest absolute Gasteiger partial charge is 0.303 e. The molecule has 0 N–H and O–H groups in total. The van der Waals surface area contributed by atoms with E-state index in [4.69, 9.17) is 0 Å². The molecule has 1 rings (SSSR count). The van der Waals surface area contributed by atoms with E-state index in [9.17, 15) is 4.79 Å². The van der Waals surface area contributed by atoms with E-state index in [1.165, 1.54) is 19.3 Å². The minimum Gasteiger partial charge on any atom is -0.303 e. The molecule has 0 heterocycles. The van der Waals surface area contributed by atoms with Crippen LogP contribution in [0.4, 0.5) is 0 Å². The molecule has 0 unspecified atom stereocenters. The van der Waals surface area contributed by atoms with Gasteiger partial charge in [-0.2, -0.15) is 0 Å². The molecular formula is C10H15BrO. The van der Waals surface area contributed by atoms with Gasteiger partial charge in [-0.05, 0) is 23.7 Å². The second-order valence-corrected chi connectivity index (χ2v) is 4.86. The van der Waals surface area contributed by atoms with E-state index in [0.29, 0.717) is 0 Å². The Balaban J connectivity index is 2.59. The smallest absolute Gasteiger partial charge is 0.126 e. The number of carbonyl (C=O) groups is 1. The second-order valence-electron chi connectivity index (χ2n) is 3.73. The average molecular weight is 231 g/mol. The summed E-state index contributed by atoms with van der Waals surface area (Å²) < 4.78 is 0.955. The minimum atomic E-state index is -0.0845. The van der Waals surface area contributed by atoms with Gasteiger partial charge in [0.2, 0.25) is 0 Å². The van der Waals surface area contributed by atoms with Crippen LogP contribution in [0.5, 0.6) is 0 Å². The van der Waals surface area contributed by atoms with E-state index < -0.39 is 0 Å². The molecule has 12 heavy (non-hydrogen) atoms. The first-order valence-electron chi connectivity index (χ1n) is 4.48. The molecule has 1 nitrogen and oxygen atoms in total. The number of rotatable bonds is 3. The van der Waals surface area contributed by atoms with Crippen LogP contribution in [0.2, 0.25) is 0 Å². The van der Waals surface area contributed by atoms with Gasteiger partial charge in [0.05, 0.1) is 0 Å². The summed E-state index contributed by atoms with van der Waals surface area (Å²) in [7, 11) is 0. The van der Waals surface area contributed by atoms with E-state index in [2.05, 4.69) is 22.5 Å². The third kappa shape index (κ3) is 2.44. The van der Waals surface area contributed by atoms with E-state index in [1.54, 1.807) is 0 Å². The predicted molar refractivity (Wildman–Crippen MR) is 54.3 cm³/mol. The van der Waals surface area contributed by atoms with Crippen molar-refractivity contribution < 1.29 is 4.79 Å². The number of aldehydes is 1. The Morgan fingerprint density at radius 3 is 2.42 bits per heavy atom. The summed E-state index contributed by atoms with van der Waals surface area (Å²) in [4.78, 5) is 11.0. The van der Waals surface area contributed by atoms with Crippen molar-refractivity contribution in [1.29, 1.82) is 0 Å². The van der Waals surface area contributed by atoms with Crippen molar-refractivity contribution >= 4 is 22.2 Å². The molecule has 0 aromatic heterocycles. The molecule has 0 atom stereocenters. The molecule has 0 spiro atoms. The van der Waals surface area contributed by atoms with Gasteiger partial charge in [0, 0.05) is 5.41 Å². The molecule has 0 saturated heterocycles. The molecule has 1 fully saturated rings. The fourth-order valence-corrected chi connectivity index (χ4v) is 2.53. The molecule has 0 amide bonds. The number of halogens is 1. The second kappa shape index (κ2) is 4.22. The average Bonchev–Trinajstić information content (AvgIpc) is 2.05. The monoisotopic (exact) mass is 230 g/mol. The van der Waals surface area contributed by atoms with Crippen molar-refractivity contribution in [2.45, 2.75) is 38.5 Å². The highest BCUT2D eigenvalue weighted by Gasteiger charge is 2.31. The van der Waals surface area contributed by atoms with Gasteiger partial charge < -0.3 is 4.79 Å². The number of carbonyl (C=O) groups excluding carboxylic acids is 1. The lowest BCUT2D eigenvalue weighted by Gasteiger charge is -2.31. The summed E-state index contributed by atoms with van der Waals surface area (Å²) in [5.74, 6) is 0. The van der Waals surface area contributed by atoms with Gasteiger partial charge in [0.1, 0.15) is 6.29 Å². The van der Waals surface area contributed by atoms with E-state index >= 15 is 0 Å². The summed E-state index contributed by atoms with van der Waals surface area (Å²) in [5, 5.41) is 0. The topological polar surface area (TPSA) is 17.1 Å². The van der Waals surface area contributed by atoms with Gasteiger partial charge >= 0.3 is 0 Å². The molecular weight excluding hydrogens is 216 g/mol. The predicted octanol–water partition coefficient (Wildman–Crippen LogP) is 3.43. The van der Waals surface area contributed by atoms with E-state index in [-0.39, 0.29) is 5.41 Å². The van der Waals surface area contributed by atoms with Crippen molar-refractivity contribution in [3.05, 3.63) is 11.1 Å². The highest BCUT2D eigenvalue weighted by molar-refractivity contribution is 9.11. The molecule has 0 radical (unpaired) electrons. The van der Waals surface area contributed by atoms with Gasteiger partial charge in [-0.15, -0.1) is 0 Å². The Morgan fingerprint density at radius 1 is 1.42 bits per heavy atom. The minimum absolute atomic E-state index is 0.0845. The normalized spacial score (nSPS) is 21.8. The van der Waals surface area contributed by atoms with Crippen molar-refractivity contribution in [1.82, 2.24) is 0 Å². The Hall–Kier alpha value is -0.110. The van der Waals surface area contributed by atoms with Crippen molar-refractivity contribution in [3.63, 3.8) is 0 Å². The first kappa shape index (κ1) is 9.97. The van der Waals surface area contributed by atoms with Crippen LogP contribution in [0, 0.1) is 5.41 Å². The van der Waals surface area contributed by atoms with Crippen LogP contribution in [0.15, 0.2) is 11.1 Å². The van der Waals surface area contributed by atoms with Crippen LogP contribution in [0.3, 0.4) is 0 Å². The zero-order valence-electron chi connectivity index (χ0n) is 7.31. The molecule has 0 aromatic carbocycles. The lowest BCUT2D eigenvalue weighted by atomic mass is 9.73. The Labute approximate surface area is 82.4 Å². The first-order valence-corrected chi connectivity index (χ1v) is 5.27. The summed E-state index contributed by atoms with van der Waals surface area (Å²) in [6.07, 6.45) is 7.71. The van der Waals surface area contributed by atoms with Crippen LogP contribution in [0.1, 0.15) is 38.5 Å². The van der Waals surface area contributed by atoms with Crippen molar-refractivity contribution in [3.8, 4) is 0 Å². The SMILES string of the molecule is C=C(Br)CC1(C=O)CCCCC1. The van der Waals surface area contributed by atoms with E-state index in [0.717, 1.165) is 30.0 Å².